The zero-order valence-corrected chi connectivity index (χ0v) is 8.15. The van der Waals surface area contributed by atoms with Crippen molar-refractivity contribution in [3.05, 3.63) is 58.2 Å². The third-order valence-electron chi connectivity index (χ3n) is 2.18. The predicted octanol–water partition coefficient (Wildman–Crippen LogP) is 2.57. The molecule has 0 fully saturated rings. The van der Waals surface area contributed by atoms with E-state index in [-0.39, 0.29) is 0 Å². The highest BCUT2D eigenvalue weighted by atomic mass is 15.3. The second kappa shape index (κ2) is 4.23. The minimum absolute atomic E-state index is 0.523. The fourth-order valence-electron chi connectivity index (χ4n) is 1.55. The van der Waals surface area contributed by atoms with Gasteiger partial charge in [0.15, 0.2) is 10.8 Å². The van der Waals surface area contributed by atoms with Gasteiger partial charge in [0.25, 0.3) is 5.39 Å². The van der Waals surface area contributed by atoms with Crippen molar-refractivity contribution in [3.63, 3.8) is 0 Å². The molecule has 0 spiro atoms. The van der Waals surface area contributed by atoms with Crippen LogP contribution in [0.5, 0.6) is 0 Å². The number of hydrogen-bond acceptors (Lipinski definition) is 3. The number of rotatable bonds is 1. The molecule has 0 saturated carbocycles. The van der Waals surface area contributed by atoms with Crippen LogP contribution in [0.15, 0.2) is 63.0 Å². The molecule has 16 heavy (non-hydrogen) atoms. The van der Waals surface area contributed by atoms with Crippen LogP contribution in [0, 0.1) is 5.39 Å². The summed E-state index contributed by atoms with van der Waals surface area (Å²) in [4.78, 5) is 0. The molecule has 76 valence electrons. The van der Waals surface area contributed by atoms with Gasteiger partial charge in [-0.05, 0) is 17.4 Å². The summed E-state index contributed by atoms with van der Waals surface area (Å²) in [7, 11) is 0. The normalized spacial score (nSPS) is 22.4. The second-order valence-corrected chi connectivity index (χ2v) is 3.03. The van der Waals surface area contributed by atoms with Crippen molar-refractivity contribution in [2.75, 3.05) is 0 Å². The van der Waals surface area contributed by atoms with Crippen LogP contribution in [0.1, 0.15) is 0 Å². The van der Waals surface area contributed by atoms with Crippen LogP contribution in [0.3, 0.4) is 0 Å². The van der Waals surface area contributed by atoms with Gasteiger partial charge in [-0.1, -0.05) is 30.4 Å². The van der Waals surface area contributed by atoms with Crippen LogP contribution in [-0.2, 0) is 0 Å². The van der Waals surface area contributed by atoms with E-state index in [0.717, 1.165) is 11.1 Å². The summed E-state index contributed by atoms with van der Waals surface area (Å²) in [5.41, 5.74) is 11.0. The molecule has 0 unspecified atom stereocenters. The van der Waals surface area contributed by atoms with E-state index >= 15 is 0 Å². The lowest BCUT2D eigenvalue weighted by molar-refractivity contribution is 1.21. The van der Waals surface area contributed by atoms with Crippen LogP contribution in [0.4, 0.5) is 0 Å². The van der Waals surface area contributed by atoms with Gasteiger partial charge in [0.1, 0.15) is 0 Å². The van der Waals surface area contributed by atoms with E-state index in [9.17, 15) is 0 Å². The first-order valence-corrected chi connectivity index (χ1v) is 4.49. The highest BCUT2D eigenvalue weighted by Crippen LogP contribution is 2.23. The third kappa shape index (κ3) is 1.62. The third-order valence-corrected chi connectivity index (χ3v) is 2.18. The highest BCUT2D eigenvalue weighted by Gasteiger charge is 2.19. The number of hydrogen-bond donors (Lipinski definition) is 0. The molecule has 0 aromatic rings. The largest absolute Gasteiger partial charge is 0.362 e. The standard InChI is InChI=1S/C10H6N6/c11-15-13-9-5-1-3-7-8(9)4-2-6-10(7)14-16-12/h1-6H/b13-9-,14-10-. The molecule has 0 heterocycles. The molecular formula is C10H6N6. The van der Waals surface area contributed by atoms with Gasteiger partial charge in [0.2, 0.25) is 0 Å². The van der Waals surface area contributed by atoms with E-state index in [1.165, 1.54) is 0 Å². The molecule has 2 rings (SSSR count). The van der Waals surface area contributed by atoms with Crippen molar-refractivity contribution in [1.29, 1.82) is 5.39 Å². The van der Waals surface area contributed by atoms with Gasteiger partial charge in [-0.15, -0.1) is 0 Å². The molecule has 6 nitrogen and oxygen atoms in total. The molecule has 6 heteroatoms. The van der Waals surface area contributed by atoms with Gasteiger partial charge in [0.05, 0.1) is 0 Å². The van der Waals surface area contributed by atoms with Gasteiger partial charge in [-0.2, -0.15) is 0 Å². The molecule has 0 bridgehead atoms. The summed E-state index contributed by atoms with van der Waals surface area (Å²) >= 11 is 0. The number of diazo groups is 1. The SMILES string of the molecule is N#[N+]/N=C1/C=CC=C2C1=CC=C/C2=N/N=[N-]. The molecule has 0 amide bonds. The molecule has 0 atom stereocenters. The predicted molar refractivity (Wildman–Crippen MR) is 60.2 cm³/mol. The fraction of sp³-hybridized carbons (Fsp3) is 0. The highest BCUT2D eigenvalue weighted by molar-refractivity contribution is 6.25. The molecule has 0 aliphatic heterocycles. The van der Waals surface area contributed by atoms with Crippen molar-refractivity contribution in [1.82, 2.24) is 0 Å². The smallest absolute Gasteiger partial charge is 0.339 e. The maximum atomic E-state index is 8.43. The average Bonchev–Trinajstić information content (AvgIpc) is 2.31. The van der Waals surface area contributed by atoms with E-state index < -0.39 is 0 Å². The lowest BCUT2D eigenvalue weighted by atomic mass is 9.89. The van der Waals surface area contributed by atoms with Crippen LogP contribution >= 0.6 is 0 Å². The number of fused-ring (bicyclic) bond motifs is 1. The molecule has 0 radical (unpaired) electrons. The lowest BCUT2D eigenvalue weighted by Crippen LogP contribution is -2.14. The minimum atomic E-state index is 0.523. The van der Waals surface area contributed by atoms with Crippen LogP contribution in [0.2, 0.25) is 0 Å². The molecular weight excluding hydrogens is 204 g/mol. The zero-order chi connectivity index (χ0) is 11.4. The molecule has 0 aromatic heterocycles. The maximum Gasteiger partial charge on any atom is 0.339 e. The van der Waals surface area contributed by atoms with Crippen molar-refractivity contribution in [3.8, 4) is 0 Å². The maximum absolute atomic E-state index is 8.43. The first-order valence-electron chi connectivity index (χ1n) is 4.49. The fourth-order valence-corrected chi connectivity index (χ4v) is 1.55. The van der Waals surface area contributed by atoms with Crippen molar-refractivity contribution in [2.45, 2.75) is 0 Å². The summed E-state index contributed by atoms with van der Waals surface area (Å²) in [6, 6.07) is 0. The zero-order valence-electron chi connectivity index (χ0n) is 8.15. The Balaban J connectivity index is 2.52. The van der Waals surface area contributed by atoms with Gasteiger partial charge < -0.3 is 10.6 Å². The Kier molecular flexibility index (Phi) is 2.61. The summed E-state index contributed by atoms with van der Waals surface area (Å²) < 4.78 is 0. The van der Waals surface area contributed by atoms with Gasteiger partial charge in [-0.25, -0.2) is 0 Å². The summed E-state index contributed by atoms with van der Waals surface area (Å²) in [6.07, 6.45) is 10.6. The number of allylic oxidation sites excluding steroid dienone is 8. The number of nitrogens with zero attached hydrogens (tertiary/aromatic N) is 6. The first-order chi connectivity index (χ1) is 7.86. The quantitative estimate of drug-likeness (QED) is 0.371. The van der Waals surface area contributed by atoms with Crippen molar-refractivity contribution < 1.29 is 0 Å². The van der Waals surface area contributed by atoms with Gasteiger partial charge >= 0.3 is 5.08 Å². The van der Waals surface area contributed by atoms with E-state index in [1.54, 1.807) is 24.3 Å². The van der Waals surface area contributed by atoms with Crippen LogP contribution in [0.25, 0.3) is 10.6 Å². The Labute approximate surface area is 91.2 Å². The van der Waals surface area contributed by atoms with E-state index in [2.05, 4.69) is 20.5 Å². The Morgan fingerprint density at radius 3 is 2.31 bits per heavy atom. The monoisotopic (exact) mass is 210 g/mol. The molecule has 0 saturated heterocycles. The average molecular weight is 210 g/mol. The summed E-state index contributed by atoms with van der Waals surface area (Å²) in [6.45, 7) is 0. The van der Waals surface area contributed by atoms with Crippen molar-refractivity contribution in [2.24, 2.45) is 15.4 Å². The minimum Gasteiger partial charge on any atom is -0.362 e. The van der Waals surface area contributed by atoms with E-state index in [4.69, 9.17) is 10.9 Å². The van der Waals surface area contributed by atoms with Crippen LogP contribution in [-0.4, -0.2) is 11.4 Å². The topological polar surface area (TPSA) is 87.5 Å². The molecule has 2 aliphatic rings. The Morgan fingerprint density at radius 1 is 1.06 bits per heavy atom. The lowest BCUT2D eigenvalue weighted by Gasteiger charge is -2.18. The Morgan fingerprint density at radius 2 is 1.69 bits per heavy atom. The van der Waals surface area contributed by atoms with E-state index in [1.807, 2.05) is 12.2 Å². The molecule has 2 aliphatic carbocycles. The summed E-state index contributed by atoms with van der Waals surface area (Å²) in [5.74, 6) is 0. The molecule has 0 N–H and O–H groups in total. The van der Waals surface area contributed by atoms with Crippen LogP contribution < -0.4 is 0 Å². The Bertz CT molecular complexity index is 550. The Hall–Kier alpha value is -2.68. The molecule has 0 aromatic carbocycles. The first kappa shape index (κ1) is 9.86. The van der Waals surface area contributed by atoms with E-state index in [0.29, 0.717) is 11.4 Å². The van der Waals surface area contributed by atoms with Gasteiger partial charge in [0, 0.05) is 5.57 Å². The van der Waals surface area contributed by atoms with Crippen molar-refractivity contribution >= 4 is 11.4 Å². The summed E-state index contributed by atoms with van der Waals surface area (Å²) in [5, 5.41) is 21.1. The van der Waals surface area contributed by atoms with Gasteiger partial charge in [-0.3, -0.25) is 5.22 Å². The second-order valence-electron chi connectivity index (χ2n) is 3.03.